The number of nitrogens with zero attached hydrogens (tertiary/aromatic N) is 4. The van der Waals surface area contributed by atoms with Crippen LogP contribution < -0.4 is 5.32 Å². The minimum Gasteiger partial charge on any atom is -0.396 e. The van der Waals surface area contributed by atoms with Gasteiger partial charge < -0.3 is 29.7 Å². The summed E-state index contributed by atoms with van der Waals surface area (Å²) in [5, 5.41) is 13.4. The normalized spacial score (nSPS) is 23.5. The molecular weight excluding hydrogens is 867 g/mol. The largest absolute Gasteiger partial charge is 0.396 e. The topological polar surface area (TPSA) is 183 Å². The quantitative estimate of drug-likeness (QED) is 0.0759. The van der Waals surface area contributed by atoms with E-state index < -0.39 is 30.1 Å². The van der Waals surface area contributed by atoms with Gasteiger partial charge in [0.05, 0.1) is 36.8 Å². The summed E-state index contributed by atoms with van der Waals surface area (Å²) < 4.78 is 12.1. The van der Waals surface area contributed by atoms with Crippen LogP contribution >= 0.6 is 0 Å². The highest BCUT2D eigenvalue weighted by atomic mass is 16.5. The number of rotatable bonds is 28. The van der Waals surface area contributed by atoms with Crippen molar-refractivity contribution < 1.29 is 48.1 Å². The first-order chi connectivity index (χ1) is 32.4. The highest BCUT2D eigenvalue weighted by Crippen LogP contribution is 2.43. The highest BCUT2D eigenvalue weighted by molar-refractivity contribution is 6.12. The van der Waals surface area contributed by atoms with Crippen LogP contribution in [-0.4, -0.2) is 150 Å². The van der Waals surface area contributed by atoms with Crippen LogP contribution in [0.2, 0.25) is 0 Å². The zero-order valence-corrected chi connectivity index (χ0v) is 42.3. The van der Waals surface area contributed by atoms with Gasteiger partial charge in [-0.2, -0.15) is 0 Å². The molecule has 0 unspecified atom stereocenters. The number of ketones is 2. The fourth-order valence-electron chi connectivity index (χ4n) is 11.6. The molecule has 1 aromatic carbocycles. The summed E-state index contributed by atoms with van der Waals surface area (Å²) in [6.07, 6.45) is 9.67. The van der Waals surface area contributed by atoms with Gasteiger partial charge in [-0.1, -0.05) is 59.6 Å². The van der Waals surface area contributed by atoms with Gasteiger partial charge in [-0.05, 0) is 99.8 Å². The number of hydrogen-bond donors (Lipinski definition) is 2. The van der Waals surface area contributed by atoms with E-state index in [0.717, 1.165) is 37.7 Å². The van der Waals surface area contributed by atoms with E-state index in [1.54, 1.807) is 32.2 Å². The SMILES string of the molecule is CC[C@H](C)[C@@H]([C@@H](CC(=O)N1CCC[C@H]1[C@H](OC)[C@@H](C)C(=O)C[C@H](CO)Cc1cccc(NC(=O)CCCCCN2C(=O)C=CC2=O)c1)OC)N(C)C(=O)[C@@H](CC(=O)[C@@H]1[C@H]2CC[C@H](C2)N1C)C(C)C. The van der Waals surface area contributed by atoms with E-state index in [1.165, 1.54) is 17.1 Å². The van der Waals surface area contributed by atoms with Crippen molar-refractivity contribution >= 4 is 46.8 Å². The van der Waals surface area contributed by atoms with Crippen LogP contribution in [0.25, 0.3) is 0 Å². The molecule has 2 N–H and O–H groups in total. The summed E-state index contributed by atoms with van der Waals surface area (Å²) in [4.78, 5) is 99.9. The number of carbonyl (C=O) groups excluding carboxylic acids is 7. The number of benzene rings is 1. The van der Waals surface area contributed by atoms with E-state index in [2.05, 4.69) is 24.1 Å². The van der Waals surface area contributed by atoms with Crippen LogP contribution in [0.3, 0.4) is 0 Å². The summed E-state index contributed by atoms with van der Waals surface area (Å²) in [7, 11) is 6.99. The van der Waals surface area contributed by atoms with Gasteiger partial charge in [0.25, 0.3) is 11.8 Å². The van der Waals surface area contributed by atoms with Crippen LogP contribution in [0.5, 0.6) is 0 Å². The Morgan fingerprint density at radius 3 is 2.26 bits per heavy atom. The number of aliphatic hydroxyl groups excluding tert-OH is 1. The van der Waals surface area contributed by atoms with Crippen molar-refractivity contribution in [2.75, 3.05) is 53.3 Å². The summed E-state index contributed by atoms with van der Waals surface area (Å²) in [5.74, 6) is -2.07. The number of imide groups is 1. The molecule has 4 aliphatic rings. The van der Waals surface area contributed by atoms with Crippen molar-refractivity contribution in [2.24, 2.45) is 35.5 Å². The second kappa shape index (κ2) is 25.5. The minimum absolute atomic E-state index is 0.00436. The molecule has 15 heteroatoms. The summed E-state index contributed by atoms with van der Waals surface area (Å²) >= 11 is 0. The number of likely N-dealkylation sites (tertiary alicyclic amines) is 2. The van der Waals surface area contributed by atoms with Gasteiger partial charge in [0.15, 0.2) is 5.78 Å². The lowest BCUT2D eigenvalue weighted by Gasteiger charge is -2.41. The maximum atomic E-state index is 14.5. The third-order valence-corrected chi connectivity index (χ3v) is 15.8. The number of piperidine rings is 1. The molecule has 1 saturated carbocycles. The average Bonchev–Trinajstić information content (AvgIpc) is 4.13. The molecule has 3 fully saturated rings. The third-order valence-electron chi connectivity index (χ3n) is 15.8. The monoisotopic (exact) mass is 948 g/mol. The van der Waals surface area contributed by atoms with E-state index >= 15 is 0 Å². The van der Waals surface area contributed by atoms with Crippen molar-refractivity contribution in [2.45, 2.75) is 161 Å². The lowest BCUT2D eigenvalue weighted by atomic mass is 9.83. The van der Waals surface area contributed by atoms with Crippen molar-refractivity contribution in [1.29, 1.82) is 0 Å². The van der Waals surface area contributed by atoms with Gasteiger partial charge in [0.1, 0.15) is 5.78 Å². The molecule has 68 heavy (non-hydrogen) atoms. The van der Waals surface area contributed by atoms with Crippen LogP contribution in [0.4, 0.5) is 5.69 Å². The zero-order chi connectivity index (χ0) is 49.8. The number of fused-ring (bicyclic) bond motifs is 2. The second-order valence-electron chi connectivity index (χ2n) is 20.6. The van der Waals surface area contributed by atoms with Crippen molar-refractivity contribution in [3.05, 3.63) is 42.0 Å². The first-order valence-corrected chi connectivity index (χ1v) is 25.4. The van der Waals surface area contributed by atoms with Crippen molar-refractivity contribution in [3.63, 3.8) is 0 Å². The minimum atomic E-state index is -0.610. The first kappa shape index (κ1) is 54.6. The van der Waals surface area contributed by atoms with E-state index in [0.29, 0.717) is 62.8 Å². The Kier molecular flexibility index (Phi) is 20.5. The molecule has 2 saturated heterocycles. The van der Waals surface area contributed by atoms with E-state index in [9.17, 15) is 38.7 Å². The van der Waals surface area contributed by atoms with Gasteiger partial charge in [-0.15, -0.1) is 0 Å². The number of carbonyl (C=O) groups is 7. The number of Topliss-reactive ketones (excluding diaryl/α,β-unsaturated/α-hetero) is 2. The zero-order valence-electron chi connectivity index (χ0n) is 42.3. The Hall–Kier alpha value is -4.31. The maximum absolute atomic E-state index is 14.5. The fourth-order valence-corrected chi connectivity index (χ4v) is 11.6. The molecule has 2 bridgehead atoms. The molecule has 3 heterocycles. The molecule has 1 aromatic rings. The number of nitrogens with one attached hydrogen (secondary N) is 1. The Bertz CT molecular complexity index is 1940. The number of anilines is 1. The third kappa shape index (κ3) is 13.5. The summed E-state index contributed by atoms with van der Waals surface area (Å²) in [5.41, 5.74) is 1.47. The maximum Gasteiger partial charge on any atom is 0.253 e. The Labute approximate surface area is 405 Å². The lowest BCUT2D eigenvalue weighted by Crippen LogP contribution is -2.54. The number of aliphatic hydroxyl groups is 1. The smallest absolute Gasteiger partial charge is 0.253 e. The number of hydrogen-bond acceptors (Lipinski definition) is 11. The number of ether oxygens (including phenoxy) is 2. The lowest BCUT2D eigenvalue weighted by molar-refractivity contribution is -0.149. The molecule has 3 aliphatic heterocycles. The van der Waals surface area contributed by atoms with Gasteiger partial charge in [0.2, 0.25) is 17.7 Å². The molecule has 5 rings (SSSR count). The van der Waals surface area contributed by atoms with E-state index in [1.807, 2.05) is 50.9 Å². The summed E-state index contributed by atoms with van der Waals surface area (Å²) in [6.45, 7) is 10.6. The van der Waals surface area contributed by atoms with Crippen LogP contribution in [-0.2, 0) is 49.5 Å². The van der Waals surface area contributed by atoms with E-state index in [4.69, 9.17) is 9.47 Å². The Morgan fingerprint density at radius 1 is 0.926 bits per heavy atom. The predicted octanol–water partition coefficient (Wildman–Crippen LogP) is 5.86. The number of methoxy groups -OCH3 is 2. The Morgan fingerprint density at radius 2 is 1.65 bits per heavy atom. The molecule has 378 valence electrons. The predicted molar refractivity (Wildman–Crippen MR) is 260 cm³/mol. The van der Waals surface area contributed by atoms with Crippen LogP contribution in [0, 0.1) is 35.5 Å². The van der Waals surface area contributed by atoms with Gasteiger partial charge in [0, 0.05) is 95.9 Å². The summed E-state index contributed by atoms with van der Waals surface area (Å²) in [6, 6.07) is 6.92. The molecule has 0 aromatic heterocycles. The van der Waals surface area contributed by atoms with Gasteiger partial charge >= 0.3 is 0 Å². The molecular formula is C53H81N5O10. The molecule has 5 amide bonds. The second-order valence-corrected chi connectivity index (χ2v) is 20.6. The molecule has 11 atom stereocenters. The number of likely N-dealkylation sites (N-methyl/N-ethyl adjacent to an activating group) is 2. The van der Waals surface area contributed by atoms with Gasteiger partial charge in [-0.25, -0.2) is 0 Å². The molecule has 1 aliphatic carbocycles. The number of amides is 5. The highest BCUT2D eigenvalue weighted by Gasteiger charge is 2.48. The van der Waals surface area contributed by atoms with Crippen molar-refractivity contribution in [3.8, 4) is 0 Å². The molecule has 0 spiro atoms. The first-order valence-electron chi connectivity index (χ1n) is 25.4. The van der Waals surface area contributed by atoms with Crippen LogP contribution in [0.1, 0.15) is 124 Å². The molecule has 0 radical (unpaired) electrons. The van der Waals surface area contributed by atoms with Crippen LogP contribution in [0.15, 0.2) is 36.4 Å². The van der Waals surface area contributed by atoms with Crippen molar-refractivity contribution in [1.82, 2.24) is 19.6 Å². The Balaban J connectivity index is 1.15. The standard InChI is InChI=1S/C53H81N5O10/c1-10-34(4)50(56(7)53(66)41(33(2)3)30-44(61)51-38-20-21-40(29-38)55(51)6)45(67-8)31-49(65)57-25-15-18-42(57)52(68-9)35(5)43(60)28-37(32-59)26-36-16-14-17-39(27-36)54-46(62)19-12-11-13-24-58-47(63)22-23-48(58)64/h14,16-17,22-23,27,33-35,37-38,40-42,45,50-52,59H,10-13,15,18-21,24-26,28-32H2,1-9H3,(H,54,62)/t34-,35-,37+,38-,40+,41-,42-,45+,50-,51-,52+/m0/s1. The molecule has 15 nitrogen and oxygen atoms in total. The fraction of sp³-hybridized carbons (Fsp3) is 0.717. The average molecular weight is 948 g/mol. The van der Waals surface area contributed by atoms with Gasteiger partial charge in [-0.3, -0.25) is 43.4 Å². The number of unbranched alkanes of at least 4 members (excludes halogenated alkanes) is 2. The van der Waals surface area contributed by atoms with E-state index in [-0.39, 0.29) is 103 Å².